The van der Waals surface area contributed by atoms with E-state index in [1.165, 1.54) is 27.5 Å². The molecule has 0 bridgehead atoms. The van der Waals surface area contributed by atoms with Crippen molar-refractivity contribution >= 4 is 28.5 Å². The van der Waals surface area contributed by atoms with Crippen molar-refractivity contribution in [1.82, 2.24) is 0 Å². The molecule has 31 heavy (non-hydrogen) atoms. The maximum absolute atomic E-state index is 13.5. The van der Waals surface area contributed by atoms with Gasteiger partial charge in [-0.3, -0.25) is 0 Å². The first-order valence-electron chi connectivity index (χ1n) is 10.5. The SMILES string of the molecule is CP1(=O)c2ccccc2-c2cc(-c3cc(-c4ccccc4)c4ccccc4c3)ccc21. The van der Waals surface area contributed by atoms with E-state index in [4.69, 9.17) is 0 Å². The number of hydrogen-bond donors (Lipinski definition) is 0. The summed E-state index contributed by atoms with van der Waals surface area (Å²) in [4.78, 5) is 0. The molecule has 0 amide bonds. The summed E-state index contributed by atoms with van der Waals surface area (Å²) in [6.07, 6.45) is 0. The first-order chi connectivity index (χ1) is 15.1. The lowest BCUT2D eigenvalue weighted by Gasteiger charge is -2.13. The van der Waals surface area contributed by atoms with Gasteiger partial charge in [0.25, 0.3) is 0 Å². The van der Waals surface area contributed by atoms with E-state index >= 15 is 0 Å². The predicted molar refractivity (Wildman–Crippen MR) is 133 cm³/mol. The lowest BCUT2D eigenvalue weighted by atomic mass is 9.92. The van der Waals surface area contributed by atoms with Gasteiger partial charge in [-0.05, 0) is 75.1 Å². The summed E-state index contributed by atoms with van der Waals surface area (Å²) in [7, 11) is -2.53. The monoisotopic (exact) mass is 416 g/mol. The molecule has 1 heterocycles. The highest BCUT2D eigenvalue weighted by Gasteiger charge is 2.34. The van der Waals surface area contributed by atoms with E-state index in [1.54, 1.807) is 0 Å². The average Bonchev–Trinajstić information content (AvgIpc) is 3.05. The maximum atomic E-state index is 13.5. The van der Waals surface area contributed by atoms with Crippen molar-refractivity contribution in [3.63, 3.8) is 0 Å². The molecule has 0 N–H and O–H groups in total. The lowest BCUT2D eigenvalue weighted by molar-refractivity contribution is 0.591. The van der Waals surface area contributed by atoms with Crippen LogP contribution in [0.4, 0.5) is 0 Å². The van der Waals surface area contributed by atoms with Crippen molar-refractivity contribution in [2.24, 2.45) is 0 Å². The molecule has 1 aliphatic rings. The molecule has 2 heteroatoms. The molecule has 0 fully saturated rings. The molecule has 6 rings (SSSR count). The smallest absolute Gasteiger partial charge is 0.141 e. The fourth-order valence-electron chi connectivity index (χ4n) is 4.84. The second kappa shape index (κ2) is 6.80. The maximum Gasteiger partial charge on any atom is 0.141 e. The van der Waals surface area contributed by atoms with Crippen molar-refractivity contribution in [2.45, 2.75) is 0 Å². The first-order valence-corrected chi connectivity index (χ1v) is 12.7. The standard InChI is InChI=1S/C29H21OP/c1-31(30)28-14-8-7-13-25(28)27-18-21(15-16-29(27)31)23-17-22-11-5-6-12-24(22)26(19-23)20-9-3-2-4-10-20/h2-19H,1H3. The van der Waals surface area contributed by atoms with Crippen LogP contribution in [0.5, 0.6) is 0 Å². The Morgan fingerprint density at radius 2 is 1.19 bits per heavy atom. The third-order valence-corrected chi connectivity index (χ3v) is 9.01. The summed E-state index contributed by atoms with van der Waals surface area (Å²) in [5.41, 5.74) is 6.98. The molecule has 5 aromatic rings. The zero-order valence-electron chi connectivity index (χ0n) is 17.2. The minimum Gasteiger partial charge on any atom is -0.314 e. The van der Waals surface area contributed by atoms with Crippen LogP contribution < -0.4 is 10.6 Å². The summed E-state index contributed by atoms with van der Waals surface area (Å²) < 4.78 is 13.5. The van der Waals surface area contributed by atoms with Gasteiger partial charge in [-0.15, -0.1) is 0 Å². The summed E-state index contributed by atoms with van der Waals surface area (Å²) in [5, 5.41) is 4.43. The van der Waals surface area contributed by atoms with Gasteiger partial charge in [-0.1, -0.05) is 84.9 Å². The minimum atomic E-state index is -2.53. The highest BCUT2D eigenvalue weighted by Crippen LogP contribution is 2.50. The minimum absolute atomic E-state index is 0.974. The largest absolute Gasteiger partial charge is 0.314 e. The van der Waals surface area contributed by atoms with E-state index in [2.05, 4.69) is 91.0 Å². The van der Waals surface area contributed by atoms with Gasteiger partial charge in [-0.25, -0.2) is 0 Å². The van der Waals surface area contributed by atoms with Crippen molar-refractivity contribution in [2.75, 3.05) is 6.66 Å². The molecule has 1 atom stereocenters. The Kier molecular flexibility index (Phi) is 4.03. The van der Waals surface area contributed by atoms with Crippen LogP contribution in [-0.4, -0.2) is 6.66 Å². The number of hydrogen-bond acceptors (Lipinski definition) is 1. The Hall–Kier alpha value is -3.41. The second-order valence-electron chi connectivity index (χ2n) is 8.28. The predicted octanol–water partition coefficient (Wildman–Crippen LogP) is 7.10. The topological polar surface area (TPSA) is 17.1 Å². The summed E-state index contributed by atoms with van der Waals surface area (Å²) in [6.45, 7) is 1.89. The quantitative estimate of drug-likeness (QED) is 0.281. The van der Waals surface area contributed by atoms with Crippen molar-refractivity contribution in [1.29, 1.82) is 0 Å². The lowest BCUT2D eigenvalue weighted by Crippen LogP contribution is -2.07. The van der Waals surface area contributed by atoms with Gasteiger partial charge in [0, 0.05) is 10.6 Å². The second-order valence-corrected chi connectivity index (χ2v) is 11.1. The Morgan fingerprint density at radius 3 is 2.06 bits per heavy atom. The molecule has 0 aliphatic carbocycles. The van der Waals surface area contributed by atoms with Gasteiger partial charge in [0.05, 0.1) is 0 Å². The molecular formula is C29H21OP. The summed E-state index contributed by atoms with van der Waals surface area (Å²) >= 11 is 0. The fourth-order valence-corrected chi connectivity index (χ4v) is 7.13. The summed E-state index contributed by atoms with van der Waals surface area (Å²) in [6, 6.07) is 38.2. The summed E-state index contributed by atoms with van der Waals surface area (Å²) in [5.74, 6) is 0. The van der Waals surface area contributed by atoms with E-state index in [9.17, 15) is 4.57 Å². The van der Waals surface area contributed by atoms with E-state index in [1.807, 2.05) is 24.9 Å². The molecule has 0 aromatic heterocycles. The van der Waals surface area contributed by atoms with Gasteiger partial charge in [0.15, 0.2) is 0 Å². The van der Waals surface area contributed by atoms with Gasteiger partial charge >= 0.3 is 0 Å². The first kappa shape index (κ1) is 18.4. The molecule has 1 unspecified atom stereocenters. The van der Waals surface area contributed by atoms with Crippen LogP contribution in [0.3, 0.4) is 0 Å². The van der Waals surface area contributed by atoms with E-state index in [0.717, 1.165) is 27.3 Å². The fraction of sp³-hybridized carbons (Fsp3) is 0.0345. The van der Waals surface area contributed by atoms with Crippen LogP contribution in [-0.2, 0) is 4.57 Å². The third kappa shape index (κ3) is 2.81. The van der Waals surface area contributed by atoms with Crippen molar-refractivity contribution in [3.05, 3.63) is 109 Å². The average molecular weight is 416 g/mol. The van der Waals surface area contributed by atoms with Crippen LogP contribution in [0.1, 0.15) is 0 Å². The number of rotatable bonds is 2. The van der Waals surface area contributed by atoms with E-state index < -0.39 is 7.14 Å². The Bertz CT molecular complexity index is 1520. The molecule has 0 saturated carbocycles. The van der Waals surface area contributed by atoms with Crippen molar-refractivity contribution < 1.29 is 4.57 Å². The van der Waals surface area contributed by atoms with Gasteiger partial charge in [0.1, 0.15) is 7.14 Å². The highest BCUT2D eigenvalue weighted by atomic mass is 31.2. The molecule has 0 saturated heterocycles. The molecule has 1 aliphatic heterocycles. The highest BCUT2D eigenvalue weighted by molar-refractivity contribution is 7.79. The molecular weight excluding hydrogens is 395 g/mol. The Morgan fingerprint density at radius 1 is 0.516 bits per heavy atom. The normalized spacial score (nSPS) is 16.8. The number of benzene rings is 5. The number of fused-ring (bicyclic) bond motifs is 4. The molecule has 5 aromatic carbocycles. The van der Waals surface area contributed by atoms with Crippen LogP contribution in [0.15, 0.2) is 109 Å². The van der Waals surface area contributed by atoms with Crippen molar-refractivity contribution in [3.8, 4) is 33.4 Å². The molecule has 148 valence electrons. The van der Waals surface area contributed by atoms with Gasteiger partial charge < -0.3 is 4.57 Å². The molecule has 0 radical (unpaired) electrons. The van der Waals surface area contributed by atoms with E-state index in [0.29, 0.717) is 0 Å². The Labute approximate surface area is 182 Å². The van der Waals surface area contributed by atoms with Crippen LogP contribution in [0.2, 0.25) is 0 Å². The van der Waals surface area contributed by atoms with Crippen LogP contribution in [0, 0.1) is 0 Å². The zero-order valence-corrected chi connectivity index (χ0v) is 18.1. The molecule has 1 nitrogen and oxygen atoms in total. The van der Waals surface area contributed by atoms with Crippen LogP contribution >= 0.6 is 7.14 Å². The third-order valence-electron chi connectivity index (χ3n) is 6.39. The Balaban J connectivity index is 1.59. The van der Waals surface area contributed by atoms with Crippen LogP contribution in [0.25, 0.3) is 44.2 Å². The van der Waals surface area contributed by atoms with E-state index in [-0.39, 0.29) is 0 Å². The molecule has 0 spiro atoms. The van der Waals surface area contributed by atoms with Gasteiger partial charge in [-0.2, -0.15) is 0 Å². The zero-order chi connectivity index (χ0) is 21.0. The van der Waals surface area contributed by atoms with Gasteiger partial charge in [0.2, 0.25) is 0 Å².